The zero-order valence-corrected chi connectivity index (χ0v) is 8.34. The average molecular weight is 231 g/mol. The minimum absolute atomic E-state index is 0.155. The lowest BCUT2D eigenvalue weighted by Gasteiger charge is -2.08. The first-order chi connectivity index (χ1) is 7.38. The third-order valence-electron chi connectivity index (χ3n) is 1.77. The zero-order chi connectivity index (χ0) is 12.3. The third kappa shape index (κ3) is 2.59. The van der Waals surface area contributed by atoms with E-state index in [0.717, 1.165) is 13.2 Å². The van der Waals surface area contributed by atoms with Gasteiger partial charge in [0.05, 0.1) is 7.11 Å². The van der Waals surface area contributed by atoms with E-state index in [4.69, 9.17) is 0 Å². The Morgan fingerprint density at radius 2 is 2.12 bits per heavy atom. The topological polar surface area (TPSA) is 39.2 Å². The maximum Gasteiger partial charge on any atom is 0.433 e. The van der Waals surface area contributed by atoms with Crippen molar-refractivity contribution in [2.75, 3.05) is 7.11 Å². The lowest BCUT2D eigenvalue weighted by Crippen LogP contribution is -2.13. The number of pyridine rings is 1. The number of ether oxygens (including phenoxy) is 1. The summed E-state index contributed by atoms with van der Waals surface area (Å²) in [5.74, 6) is -0.922. The predicted octanol–water partition coefficient (Wildman–Crippen LogP) is 2.53. The second-order valence-corrected chi connectivity index (χ2v) is 2.86. The van der Waals surface area contributed by atoms with Gasteiger partial charge in [-0.15, -0.1) is 0 Å². The van der Waals surface area contributed by atoms with Crippen LogP contribution in [-0.2, 0) is 10.9 Å². The molecule has 0 bridgehead atoms. The van der Waals surface area contributed by atoms with Crippen LogP contribution in [-0.4, -0.2) is 18.1 Å². The van der Waals surface area contributed by atoms with Crippen molar-refractivity contribution in [3.05, 3.63) is 35.7 Å². The minimum atomic E-state index is -4.61. The number of nitrogens with zero attached hydrogens (tertiary/aromatic N) is 1. The highest BCUT2D eigenvalue weighted by molar-refractivity contribution is 5.87. The molecule has 1 aromatic rings. The molecule has 1 rings (SSSR count). The van der Waals surface area contributed by atoms with E-state index in [1.54, 1.807) is 0 Å². The van der Waals surface area contributed by atoms with Crippen LogP contribution in [0.4, 0.5) is 13.2 Å². The fraction of sp³-hybridized carbons (Fsp3) is 0.200. The molecule has 6 heteroatoms. The van der Waals surface area contributed by atoms with E-state index < -0.39 is 23.5 Å². The summed E-state index contributed by atoms with van der Waals surface area (Å²) in [4.78, 5) is 14.3. The van der Waals surface area contributed by atoms with Gasteiger partial charge in [-0.2, -0.15) is 13.2 Å². The van der Waals surface area contributed by atoms with Gasteiger partial charge in [-0.25, -0.2) is 9.78 Å². The largest absolute Gasteiger partial charge is 0.464 e. The van der Waals surface area contributed by atoms with Crippen molar-refractivity contribution in [3.63, 3.8) is 0 Å². The quantitative estimate of drug-likeness (QED) is 0.734. The molecule has 0 saturated carbocycles. The van der Waals surface area contributed by atoms with Gasteiger partial charge in [0.1, 0.15) is 11.4 Å². The number of methoxy groups -OCH3 is 1. The van der Waals surface area contributed by atoms with Crippen molar-refractivity contribution in [1.29, 1.82) is 0 Å². The Kier molecular flexibility index (Phi) is 3.31. The van der Waals surface area contributed by atoms with E-state index in [2.05, 4.69) is 16.3 Å². The van der Waals surface area contributed by atoms with Gasteiger partial charge in [0.15, 0.2) is 0 Å². The van der Waals surface area contributed by atoms with E-state index in [1.165, 1.54) is 12.1 Å². The molecule has 1 aromatic heterocycles. The van der Waals surface area contributed by atoms with Gasteiger partial charge >= 0.3 is 12.1 Å². The van der Waals surface area contributed by atoms with Gasteiger partial charge in [0.25, 0.3) is 0 Å². The van der Waals surface area contributed by atoms with Gasteiger partial charge in [0, 0.05) is 0 Å². The normalized spacial score (nSPS) is 11.0. The molecule has 0 atom stereocenters. The van der Waals surface area contributed by atoms with E-state index in [9.17, 15) is 18.0 Å². The number of halogens is 3. The van der Waals surface area contributed by atoms with Crippen molar-refractivity contribution in [2.24, 2.45) is 0 Å². The lowest BCUT2D eigenvalue weighted by atomic mass is 10.2. The van der Waals surface area contributed by atoms with Crippen LogP contribution in [0.1, 0.15) is 21.7 Å². The smallest absolute Gasteiger partial charge is 0.433 e. The molecule has 1 heterocycles. The maximum absolute atomic E-state index is 12.4. The molecule has 16 heavy (non-hydrogen) atoms. The summed E-state index contributed by atoms with van der Waals surface area (Å²) in [6.45, 7) is 3.33. The number of carbonyl (C=O) groups is 1. The minimum Gasteiger partial charge on any atom is -0.464 e. The van der Waals surface area contributed by atoms with Gasteiger partial charge in [-0.3, -0.25) is 0 Å². The molecule has 3 nitrogen and oxygen atoms in total. The number of aromatic nitrogens is 1. The summed E-state index contributed by atoms with van der Waals surface area (Å²) in [5.41, 5.74) is -1.39. The Morgan fingerprint density at radius 1 is 1.50 bits per heavy atom. The molecule has 0 fully saturated rings. The highest BCUT2D eigenvalue weighted by Gasteiger charge is 2.33. The summed E-state index contributed by atoms with van der Waals surface area (Å²) in [6.07, 6.45) is -3.41. The molecule has 86 valence electrons. The van der Waals surface area contributed by atoms with Crippen molar-refractivity contribution in [2.45, 2.75) is 6.18 Å². The monoisotopic (exact) mass is 231 g/mol. The van der Waals surface area contributed by atoms with Crippen LogP contribution in [0.2, 0.25) is 0 Å². The van der Waals surface area contributed by atoms with Crippen LogP contribution in [0.3, 0.4) is 0 Å². The Bertz CT molecular complexity index is 427. The highest BCUT2D eigenvalue weighted by Crippen LogP contribution is 2.28. The summed E-state index contributed by atoms with van der Waals surface area (Å²) >= 11 is 0. The first kappa shape index (κ1) is 12.2. The molecule has 0 aliphatic heterocycles. The Hall–Kier alpha value is -1.85. The molecule has 0 radical (unpaired) electrons. The Balaban J connectivity index is 3.32. The first-order valence-electron chi connectivity index (χ1n) is 4.18. The summed E-state index contributed by atoms with van der Waals surface area (Å²) < 4.78 is 41.5. The van der Waals surface area contributed by atoms with Gasteiger partial charge < -0.3 is 4.74 Å². The van der Waals surface area contributed by atoms with Crippen LogP contribution >= 0.6 is 0 Å². The fourth-order valence-corrected chi connectivity index (χ4v) is 1.02. The van der Waals surface area contributed by atoms with E-state index >= 15 is 0 Å². The summed E-state index contributed by atoms with van der Waals surface area (Å²) in [5, 5.41) is 0. The molecule has 0 spiro atoms. The number of carbonyl (C=O) groups excluding carboxylic acids is 1. The van der Waals surface area contributed by atoms with Crippen molar-refractivity contribution in [1.82, 2.24) is 4.98 Å². The molecule has 0 N–H and O–H groups in total. The molecular weight excluding hydrogens is 223 g/mol. The van der Waals surface area contributed by atoms with Crippen LogP contribution in [0.25, 0.3) is 6.08 Å². The SMILES string of the molecule is C=Cc1cc(C(=O)OC)nc(C(F)(F)F)c1. The fourth-order valence-electron chi connectivity index (χ4n) is 1.02. The Labute approximate surface area is 89.6 Å². The second kappa shape index (κ2) is 4.34. The standard InChI is InChI=1S/C10H8F3NO2/c1-3-6-4-7(9(15)16-2)14-8(5-6)10(11,12)13/h3-5H,1H2,2H3. The molecular formula is C10H8F3NO2. The zero-order valence-electron chi connectivity index (χ0n) is 8.34. The molecule has 0 unspecified atom stereocenters. The second-order valence-electron chi connectivity index (χ2n) is 2.86. The lowest BCUT2D eigenvalue weighted by molar-refractivity contribution is -0.141. The number of rotatable bonds is 2. The molecule has 0 aliphatic rings. The van der Waals surface area contributed by atoms with Crippen LogP contribution in [0.5, 0.6) is 0 Å². The third-order valence-corrected chi connectivity index (χ3v) is 1.77. The number of hydrogen-bond donors (Lipinski definition) is 0. The highest BCUT2D eigenvalue weighted by atomic mass is 19.4. The van der Waals surface area contributed by atoms with Crippen molar-refractivity contribution < 1.29 is 22.7 Å². The van der Waals surface area contributed by atoms with Crippen LogP contribution in [0.15, 0.2) is 18.7 Å². The number of alkyl halides is 3. The summed E-state index contributed by atoms with van der Waals surface area (Å²) in [7, 11) is 1.07. The summed E-state index contributed by atoms with van der Waals surface area (Å²) in [6, 6.07) is 1.98. The first-order valence-corrected chi connectivity index (χ1v) is 4.18. The molecule has 0 aromatic carbocycles. The van der Waals surface area contributed by atoms with Crippen LogP contribution < -0.4 is 0 Å². The molecule has 0 saturated heterocycles. The van der Waals surface area contributed by atoms with Gasteiger partial charge in [-0.05, 0) is 17.7 Å². The van der Waals surface area contributed by atoms with E-state index in [1.807, 2.05) is 0 Å². The van der Waals surface area contributed by atoms with Gasteiger partial charge in [-0.1, -0.05) is 12.7 Å². The molecule has 0 aliphatic carbocycles. The number of hydrogen-bond acceptors (Lipinski definition) is 3. The van der Waals surface area contributed by atoms with Gasteiger partial charge in [0.2, 0.25) is 0 Å². The number of esters is 1. The van der Waals surface area contributed by atoms with Crippen LogP contribution in [0, 0.1) is 0 Å². The van der Waals surface area contributed by atoms with E-state index in [-0.39, 0.29) is 5.56 Å². The van der Waals surface area contributed by atoms with Crippen molar-refractivity contribution >= 4 is 12.0 Å². The van der Waals surface area contributed by atoms with Crippen molar-refractivity contribution in [3.8, 4) is 0 Å². The Morgan fingerprint density at radius 3 is 2.56 bits per heavy atom. The molecule has 0 amide bonds. The van der Waals surface area contributed by atoms with E-state index in [0.29, 0.717) is 0 Å². The average Bonchev–Trinajstić information content (AvgIpc) is 2.26. The maximum atomic E-state index is 12.4. The predicted molar refractivity (Wildman–Crippen MR) is 50.7 cm³/mol.